The zero-order chi connectivity index (χ0) is 17.6. The van der Waals surface area contributed by atoms with Crippen LogP contribution in [0.3, 0.4) is 0 Å². The molecule has 0 aromatic heterocycles. The minimum Gasteiger partial charge on any atom is -0.331 e. The van der Waals surface area contributed by atoms with Gasteiger partial charge in [0.05, 0.1) is 11.3 Å². The Bertz CT molecular complexity index is 591. The molecule has 0 amide bonds. The summed E-state index contributed by atoms with van der Waals surface area (Å²) in [6.07, 6.45) is -1.63. The van der Waals surface area contributed by atoms with E-state index in [0.717, 1.165) is 50.7 Å². The molecule has 0 saturated carbocycles. The number of piperidine rings is 1. The third-order valence-electron chi connectivity index (χ3n) is 3.77. The van der Waals surface area contributed by atoms with Crippen molar-refractivity contribution in [1.82, 2.24) is 10.3 Å². The van der Waals surface area contributed by atoms with Gasteiger partial charge in [-0.25, -0.2) is 0 Å². The number of nitrogens with one attached hydrogen (secondary N) is 2. The Balaban J connectivity index is 1.90. The van der Waals surface area contributed by atoms with Crippen LogP contribution in [0.1, 0.15) is 31.7 Å². The molecule has 1 fully saturated rings. The second-order valence-electron chi connectivity index (χ2n) is 5.63. The summed E-state index contributed by atoms with van der Waals surface area (Å²) < 4.78 is 38.8. The number of anilines is 1. The Kier molecular flexibility index (Phi) is 6.56. The van der Waals surface area contributed by atoms with E-state index in [-0.39, 0.29) is 10.8 Å². The Morgan fingerprint density at radius 2 is 1.92 bits per heavy atom. The van der Waals surface area contributed by atoms with Gasteiger partial charge in [-0.3, -0.25) is 5.43 Å². The summed E-state index contributed by atoms with van der Waals surface area (Å²) in [6, 6.07) is 5.22. The maximum Gasteiger partial charge on any atom is 0.418 e. The highest BCUT2D eigenvalue weighted by Gasteiger charge is 2.33. The first-order chi connectivity index (χ1) is 11.4. The molecule has 8 heteroatoms. The number of alkyl halides is 3. The summed E-state index contributed by atoms with van der Waals surface area (Å²) in [4.78, 5) is 2.37. The lowest BCUT2D eigenvalue weighted by molar-refractivity contribution is -0.136. The van der Waals surface area contributed by atoms with E-state index in [4.69, 9.17) is 12.2 Å². The summed E-state index contributed by atoms with van der Waals surface area (Å²) in [6.45, 7) is 5.12. The molecule has 2 rings (SSSR count). The molecule has 1 saturated heterocycles. The molecule has 0 radical (unpaired) electrons. The van der Waals surface area contributed by atoms with Gasteiger partial charge in [0, 0.05) is 31.6 Å². The van der Waals surface area contributed by atoms with Crippen molar-refractivity contribution in [2.45, 2.75) is 32.4 Å². The fraction of sp³-hybridized carbons (Fsp3) is 0.500. The van der Waals surface area contributed by atoms with Crippen LogP contribution in [0.5, 0.6) is 0 Å². The summed E-state index contributed by atoms with van der Waals surface area (Å²) in [5.74, 6) is 0. The van der Waals surface area contributed by atoms with Crippen LogP contribution in [0, 0.1) is 0 Å². The lowest BCUT2D eigenvalue weighted by Crippen LogP contribution is -2.35. The van der Waals surface area contributed by atoms with Crippen molar-refractivity contribution in [3.05, 3.63) is 29.8 Å². The van der Waals surface area contributed by atoms with Crippen LogP contribution in [0.4, 0.5) is 18.9 Å². The standard InChI is InChI=1S/C16H21F3N4S/c1-2-9-23-10-7-12(8-11-23)21-22-15(24)20-14-6-4-3-5-13(14)16(17,18)19/h3-6H,2,7-11H2,1H3,(H2,20,22,24). The molecule has 0 unspecified atom stereocenters. The van der Waals surface area contributed by atoms with E-state index in [2.05, 4.69) is 27.7 Å². The van der Waals surface area contributed by atoms with E-state index in [9.17, 15) is 13.2 Å². The van der Waals surface area contributed by atoms with Crippen LogP contribution >= 0.6 is 12.2 Å². The highest BCUT2D eigenvalue weighted by molar-refractivity contribution is 7.80. The molecule has 24 heavy (non-hydrogen) atoms. The molecule has 0 aliphatic carbocycles. The maximum atomic E-state index is 12.9. The number of para-hydroxylation sites is 1. The molecule has 132 valence electrons. The molecule has 1 aliphatic rings. The number of halogens is 3. The molecule has 1 heterocycles. The van der Waals surface area contributed by atoms with Gasteiger partial charge in [-0.1, -0.05) is 19.1 Å². The molecule has 1 aromatic carbocycles. The van der Waals surface area contributed by atoms with Crippen LogP contribution in [0.2, 0.25) is 0 Å². The number of nitrogens with zero attached hydrogens (tertiary/aromatic N) is 2. The number of thiocarbonyl (C=S) groups is 1. The third-order valence-corrected chi connectivity index (χ3v) is 3.96. The topological polar surface area (TPSA) is 39.7 Å². The smallest absolute Gasteiger partial charge is 0.331 e. The van der Waals surface area contributed by atoms with Crippen LogP contribution in [0.15, 0.2) is 29.4 Å². The zero-order valence-electron chi connectivity index (χ0n) is 13.5. The minimum atomic E-state index is -4.43. The van der Waals surface area contributed by atoms with Gasteiger partial charge in [0.25, 0.3) is 0 Å². The van der Waals surface area contributed by atoms with Gasteiger partial charge in [-0.2, -0.15) is 18.3 Å². The predicted molar refractivity (Wildman–Crippen MR) is 94.2 cm³/mol. The van der Waals surface area contributed by atoms with E-state index in [0.29, 0.717) is 0 Å². The molecular weight excluding hydrogens is 337 g/mol. The van der Waals surface area contributed by atoms with Crippen LogP contribution in [-0.4, -0.2) is 35.4 Å². The summed E-state index contributed by atoms with van der Waals surface area (Å²) in [7, 11) is 0. The Labute approximate surface area is 145 Å². The van der Waals surface area contributed by atoms with Crippen molar-refractivity contribution in [3.8, 4) is 0 Å². The first-order valence-electron chi connectivity index (χ1n) is 7.91. The second-order valence-corrected chi connectivity index (χ2v) is 6.04. The fourth-order valence-electron chi connectivity index (χ4n) is 2.58. The molecular formula is C16H21F3N4S. The van der Waals surface area contributed by atoms with Crippen LogP contribution in [-0.2, 0) is 6.18 Å². The van der Waals surface area contributed by atoms with Gasteiger partial charge in [0.1, 0.15) is 0 Å². The molecule has 4 nitrogen and oxygen atoms in total. The number of hydrazone groups is 1. The largest absolute Gasteiger partial charge is 0.418 e. The Hall–Kier alpha value is -1.67. The van der Waals surface area contributed by atoms with E-state index >= 15 is 0 Å². The number of benzene rings is 1. The van der Waals surface area contributed by atoms with Crippen molar-refractivity contribution in [1.29, 1.82) is 0 Å². The molecule has 0 atom stereocenters. The van der Waals surface area contributed by atoms with Crippen molar-refractivity contribution in [3.63, 3.8) is 0 Å². The number of rotatable bonds is 4. The molecule has 0 bridgehead atoms. The fourth-order valence-corrected chi connectivity index (χ4v) is 2.74. The van der Waals surface area contributed by atoms with Gasteiger partial charge in [-0.15, -0.1) is 0 Å². The van der Waals surface area contributed by atoms with Gasteiger partial charge in [-0.05, 0) is 37.3 Å². The van der Waals surface area contributed by atoms with E-state index in [1.165, 1.54) is 18.2 Å². The molecule has 2 N–H and O–H groups in total. The van der Waals surface area contributed by atoms with Crippen molar-refractivity contribution in [2.24, 2.45) is 5.10 Å². The average Bonchev–Trinajstić information content (AvgIpc) is 2.54. The summed E-state index contributed by atoms with van der Waals surface area (Å²) in [5, 5.41) is 6.84. The Morgan fingerprint density at radius 3 is 2.54 bits per heavy atom. The second kappa shape index (κ2) is 8.43. The number of hydrogen-bond acceptors (Lipinski definition) is 3. The SMILES string of the molecule is CCCN1CCC(=NNC(=S)Nc2ccccc2C(F)(F)F)CC1. The first kappa shape index (κ1) is 18.7. The first-order valence-corrected chi connectivity index (χ1v) is 8.32. The lowest BCUT2D eigenvalue weighted by atomic mass is 10.1. The Morgan fingerprint density at radius 1 is 1.25 bits per heavy atom. The van der Waals surface area contributed by atoms with E-state index in [1.807, 2.05) is 0 Å². The van der Waals surface area contributed by atoms with Crippen molar-refractivity contribution >= 4 is 28.7 Å². The maximum absolute atomic E-state index is 12.9. The van der Waals surface area contributed by atoms with E-state index in [1.54, 1.807) is 0 Å². The molecule has 1 aromatic rings. The van der Waals surface area contributed by atoms with Gasteiger partial charge in [0.2, 0.25) is 0 Å². The normalized spacial score (nSPS) is 15.9. The van der Waals surface area contributed by atoms with Crippen LogP contribution < -0.4 is 10.7 Å². The average molecular weight is 358 g/mol. The quantitative estimate of drug-likeness (QED) is 0.633. The summed E-state index contributed by atoms with van der Waals surface area (Å²) >= 11 is 5.04. The molecule has 0 spiro atoms. The highest BCUT2D eigenvalue weighted by Crippen LogP contribution is 2.34. The van der Waals surface area contributed by atoms with Crippen molar-refractivity contribution < 1.29 is 13.2 Å². The van der Waals surface area contributed by atoms with E-state index < -0.39 is 11.7 Å². The van der Waals surface area contributed by atoms with Gasteiger partial charge in [0.15, 0.2) is 5.11 Å². The molecule has 1 aliphatic heterocycles. The van der Waals surface area contributed by atoms with Crippen molar-refractivity contribution in [2.75, 3.05) is 25.0 Å². The minimum absolute atomic E-state index is 0.0511. The zero-order valence-corrected chi connectivity index (χ0v) is 14.3. The number of hydrogen-bond donors (Lipinski definition) is 2. The van der Waals surface area contributed by atoms with Crippen LogP contribution in [0.25, 0.3) is 0 Å². The monoisotopic (exact) mass is 358 g/mol. The van der Waals surface area contributed by atoms with Gasteiger partial charge < -0.3 is 10.2 Å². The predicted octanol–water partition coefficient (Wildman–Crippen LogP) is 3.85. The van der Waals surface area contributed by atoms with Gasteiger partial charge >= 0.3 is 6.18 Å². The summed E-state index contributed by atoms with van der Waals surface area (Å²) in [5.41, 5.74) is 2.79. The number of likely N-dealkylation sites (tertiary alicyclic amines) is 1. The highest BCUT2D eigenvalue weighted by atomic mass is 32.1. The third kappa shape index (κ3) is 5.45. The lowest BCUT2D eigenvalue weighted by Gasteiger charge is -2.26.